The summed E-state index contributed by atoms with van der Waals surface area (Å²) in [6, 6.07) is 8.83. The first kappa shape index (κ1) is 17.9. The maximum Gasteiger partial charge on any atom is 0.274 e. The third-order valence-electron chi connectivity index (χ3n) is 3.32. The molecule has 1 aromatic carbocycles. The fraction of sp³-hybridized carbons (Fsp3) is 0.235. The van der Waals surface area contributed by atoms with Crippen molar-refractivity contribution in [3.05, 3.63) is 57.5 Å². The van der Waals surface area contributed by atoms with Crippen molar-refractivity contribution in [2.45, 2.75) is 26.7 Å². The molecule has 0 aliphatic heterocycles. The number of hydrogen-bond acceptors (Lipinski definition) is 5. The predicted octanol–water partition coefficient (Wildman–Crippen LogP) is 2.32. The minimum atomic E-state index is -1.17. The second-order valence-electron chi connectivity index (χ2n) is 5.21. The average molecular weight is 392 g/mol. The highest BCUT2D eigenvalue weighted by atomic mass is 79.9. The van der Waals surface area contributed by atoms with E-state index in [2.05, 4.69) is 26.5 Å². The van der Waals surface area contributed by atoms with E-state index in [1.54, 1.807) is 32.0 Å². The first-order valence-electron chi connectivity index (χ1n) is 7.26. The van der Waals surface area contributed by atoms with Crippen LogP contribution in [0, 0.1) is 13.8 Å². The van der Waals surface area contributed by atoms with Gasteiger partial charge in [-0.3, -0.25) is 4.79 Å². The second-order valence-corrected chi connectivity index (χ2v) is 6.12. The van der Waals surface area contributed by atoms with Gasteiger partial charge in [-0.25, -0.2) is 5.43 Å². The van der Waals surface area contributed by atoms with Crippen LogP contribution in [0.2, 0.25) is 0 Å². The van der Waals surface area contributed by atoms with Crippen LogP contribution >= 0.6 is 15.9 Å². The number of furan rings is 1. The molecule has 0 saturated carbocycles. The summed E-state index contributed by atoms with van der Waals surface area (Å²) in [5, 5.41) is 14.8. The van der Waals surface area contributed by atoms with Crippen LogP contribution in [0.4, 0.5) is 0 Å². The molecule has 0 fully saturated rings. The number of carbonyl (C=O) groups is 2. The molecule has 1 amide bonds. The van der Waals surface area contributed by atoms with Crippen LogP contribution in [0.5, 0.6) is 0 Å². The Morgan fingerprint density at radius 1 is 1.21 bits per heavy atom. The zero-order chi connectivity index (χ0) is 17.7. The molecule has 0 atom stereocenters. The lowest BCUT2D eigenvalue weighted by Crippen LogP contribution is -2.24. The highest BCUT2D eigenvalue weighted by Gasteiger charge is 2.13. The number of nitrogens with one attached hydrogen (secondary N) is 1. The van der Waals surface area contributed by atoms with Gasteiger partial charge < -0.3 is 14.3 Å². The van der Waals surface area contributed by atoms with Crippen molar-refractivity contribution < 1.29 is 19.1 Å². The lowest BCUT2D eigenvalue weighted by molar-refractivity contribution is -0.305. The molecule has 0 spiro atoms. The summed E-state index contributed by atoms with van der Waals surface area (Å²) in [6.45, 7) is 3.44. The third kappa shape index (κ3) is 4.79. The van der Waals surface area contributed by atoms with Crippen LogP contribution in [-0.4, -0.2) is 17.6 Å². The Hall–Kier alpha value is -2.41. The topological polar surface area (TPSA) is 94.7 Å². The van der Waals surface area contributed by atoms with E-state index in [0.29, 0.717) is 22.8 Å². The molecule has 0 bridgehead atoms. The van der Waals surface area contributed by atoms with Crippen LogP contribution < -0.4 is 10.5 Å². The molecule has 0 radical (unpaired) electrons. The van der Waals surface area contributed by atoms with Gasteiger partial charge in [0, 0.05) is 10.4 Å². The molecule has 2 rings (SSSR count). The molecular formula is C17H16BrN2O4-. The Kier molecular flexibility index (Phi) is 5.92. The van der Waals surface area contributed by atoms with Crippen molar-refractivity contribution in [1.29, 1.82) is 0 Å². The van der Waals surface area contributed by atoms with Gasteiger partial charge in [-0.05, 0) is 50.5 Å². The van der Waals surface area contributed by atoms with E-state index in [1.807, 2.05) is 12.1 Å². The summed E-state index contributed by atoms with van der Waals surface area (Å²) in [5.41, 5.74) is 4.03. The molecule has 1 aromatic heterocycles. The fourth-order valence-corrected chi connectivity index (χ4v) is 2.43. The summed E-state index contributed by atoms with van der Waals surface area (Å²) in [7, 11) is 0. The molecule has 0 unspecified atom stereocenters. The monoisotopic (exact) mass is 391 g/mol. The van der Waals surface area contributed by atoms with E-state index < -0.39 is 11.9 Å². The van der Waals surface area contributed by atoms with Gasteiger partial charge in [-0.1, -0.05) is 28.1 Å². The van der Waals surface area contributed by atoms with Crippen LogP contribution in [0.25, 0.3) is 0 Å². The maximum absolute atomic E-state index is 12.2. The van der Waals surface area contributed by atoms with Crippen molar-refractivity contribution >= 4 is 33.5 Å². The Morgan fingerprint density at radius 2 is 1.88 bits per heavy atom. The van der Waals surface area contributed by atoms with Crippen LogP contribution in [0.15, 0.2) is 44.3 Å². The van der Waals surface area contributed by atoms with E-state index in [1.165, 1.54) is 0 Å². The molecule has 0 aliphatic rings. The summed E-state index contributed by atoms with van der Waals surface area (Å²) in [6.07, 6.45) is -0.0394. The number of carboxylic acids is 1. The van der Waals surface area contributed by atoms with Crippen molar-refractivity contribution in [1.82, 2.24) is 5.43 Å². The number of aliphatic carboxylic acids is 1. The zero-order valence-corrected chi connectivity index (χ0v) is 14.8. The third-order valence-corrected chi connectivity index (χ3v) is 3.85. The largest absolute Gasteiger partial charge is 0.550 e. The standard InChI is InChI=1S/C17H17BrN2O4/c1-10-9-14(11(2)24-10)17(23)20-19-15(7-8-16(21)22)12-3-5-13(18)6-4-12/h3-6,9H,7-8H2,1-2H3,(H,20,23)(H,21,22)/p-1/b19-15-. The van der Waals surface area contributed by atoms with Crippen LogP contribution in [0.1, 0.15) is 40.3 Å². The Labute approximate surface area is 147 Å². The lowest BCUT2D eigenvalue weighted by atomic mass is 10.1. The maximum atomic E-state index is 12.2. The lowest BCUT2D eigenvalue weighted by Gasteiger charge is -2.08. The second kappa shape index (κ2) is 7.92. The van der Waals surface area contributed by atoms with E-state index in [-0.39, 0.29) is 12.8 Å². The molecule has 6 nitrogen and oxygen atoms in total. The first-order valence-corrected chi connectivity index (χ1v) is 8.06. The SMILES string of the molecule is Cc1cc(C(=O)N/N=C(/CCC(=O)[O-])c2ccc(Br)cc2)c(C)o1. The molecular weight excluding hydrogens is 376 g/mol. The number of hydrazone groups is 1. The molecule has 1 N–H and O–H groups in total. The molecule has 24 heavy (non-hydrogen) atoms. The molecule has 126 valence electrons. The van der Waals surface area contributed by atoms with Gasteiger partial charge in [-0.15, -0.1) is 0 Å². The van der Waals surface area contributed by atoms with Gasteiger partial charge in [-0.2, -0.15) is 5.10 Å². The summed E-state index contributed by atoms with van der Waals surface area (Å²) in [5.74, 6) is -0.452. The van der Waals surface area contributed by atoms with Gasteiger partial charge in [0.1, 0.15) is 11.5 Å². The number of carboxylic acid groups (broad SMARTS) is 1. The molecule has 0 saturated heterocycles. The van der Waals surface area contributed by atoms with Gasteiger partial charge >= 0.3 is 0 Å². The summed E-state index contributed by atoms with van der Waals surface area (Å²) in [4.78, 5) is 22.9. The highest BCUT2D eigenvalue weighted by molar-refractivity contribution is 9.10. The van der Waals surface area contributed by atoms with Gasteiger partial charge in [0.2, 0.25) is 0 Å². The van der Waals surface area contributed by atoms with E-state index in [0.717, 1.165) is 10.0 Å². The number of amides is 1. The normalized spacial score (nSPS) is 11.4. The number of nitrogens with zero attached hydrogens (tertiary/aromatic N) is 1. The fourth-order valence-electron chi connectivity index (χ4n) is 2.16. The predicted molar refractivity (Wildman–Crippen MR) is 90.6 cm³/mol. The van der Waals surface area contributed by atoms with E-state index in [9.17, 15) is 14.7 Å². The number of rotatable bonds is 6. The summed E-state index contributed by atoms with van der Waals surface area (Å²) >= 11 is 3.34. The van der Waals surface area contributed by atoms with E-state index >= 15 is 0 Å². The Morgan fingerprint density at radius 3 is 2.42 bits per heavy atom. The van der Waals surface area contributed by atoms with Crippen molar-refractivity contribution in [3.8, 4) is 0 Å². The number of aryl methyl sites for hydroxylation is 2. The van der Waals surface area contributed by atoms with E-state index in [4.69, 9.17) is 4.42 Å². The van der Waals surface area contributed by atoms with Crippen molar-refractivity contribution in [2.24, 2.45) is 5.10 Å². The molecule has 7 heteroatoms. The first-order chi connectivity index (χ1) is 11.4. The molecule has 0 aliphatic carbocycles. The average Bonchev–Trinajstić information content (AvgIpc) is 2.86. The number of carbonyl (C=O) groups excluding carboxylic acids is 2. The van der Waals surface area contributed by atoms with Gasteiger partial charge in [0.25, 0.3) is 5.91 Å². The highest BCUT2D eigenvalue weighted by Crippen LogP contribution is 2.15. The van der Waals surface area contributed by atoms with Crippen LogP contribution in [-0.2, 0) is 4.79 Å². The van der Waals surface area contributed by atoms with Gasteiger partial charge in [0.05, 0.1) is 11.3 Å². The number of hydrogen-bond donors (Lipinski definition) is 1. The zero-order valence-electron chi connectivity index (χ0n) is 13.3. The molecule has 2 aromatic rings. The minimum absolute atomic E-state index is 0.146. The van der Waals surface area contributed by atoms with Crippen molar-refractivity contribution in [2.75, 3.05) is 0 Å². The summed E-state index contributed by atoms with van der Waals surface area (Å²) < 4.78 is 6.21. The Bertz CT molecular complexity index is 778. The van der Waals surface area contributed by atoms with Gasteiger partial charge in [0.15, 0.2) is 0 Å². The Balaban J connectivity index is 2.20. The van der Waals surface area contributed by atoms with Crippen LogP contribution in [0.3, 0.4) is 0 Å². The quantitative estimate of drug-likeness (QED) is 0.603. The minimum Gasteiger partial charge on any atom is -0.550 e. The van der Waals surface area contributed by atoms with Crippen molar-refractivity contribution in [3.63, 3.8) is 0 Å². The smallest absolute Gasteiger partial charge is 0.274 e. The number of halogens is 1. The number of benzene rings is 1. The molecule has 1 heterocycles.